The Morgan fingerprint density at radius 1 is 1.18 bits per heavy atom. The monoisotopic (exact) mass is 228 g/mol. The molecule has 0 aromatic carbocycles. The number of nitrogens with one attached hydrogen (secondary N) is 1. The van der Waals surface area contributed by atoms with Gasteiger partial charge in [-0.2, -0.15) is 0 Å². The van der Waals surface area contributed by atoms with Crippen molar-refractivity contribution >= 4 is 0 Å². The Labute approximate surface area is 101 Å². The lowest BCUT2D eigenvalue weighted by molar-refractivity contribution is 0.512. The van der Waals surface area contributed by atoms with Gasteiger partial charge in [-0.05, 0) is 36.6 Å². The minimum Gasteiger partial charge on any atom is -0.271 e. The van der Waals surface area contributed by atoms with E-state index < -0.39 is 0 Å². The van der Waals surface area contributed by atoms with Crippen molar-refractivity contribution < 1.29 is 0 Å². The summed E-state index contributed by atoms with van der Waals surface area (Å²) in [6, 6.07) is 10.00. The second-order valence-corrected chi connectivity index (χ2v) is 3.87. The Morgan fingerprint density at radius 2 is 2.12 bits per heavy atom. The van der Waals surface area contributed by atoms with Gasteiger partial charge < -0.3 is 0 Å². The number of hydrogen-bond donors (Lipinski definition) is 2. The average molecular weight is 228 g/mol. The molecule has 0 saturated carbocycles. The van der Waals surface area contributed by atoms with Gasteiger partial charge in [0.2, 0.25) is 0 Å². The Balaban J connectivity index is 1.97. The molecule has 0 fully saturated rings. The van der Waals surface area contributed by atoms with E-state index in [9.17, 15) is 0 Å². The summed E-state index contributed by atoms with van der Waals surface area (Å²) in [7, 11) is 0. The van der Waals surface area contributed by atoms with E-state index in [2.05, 4.69) is 15.4 Å². The van der Waals surface area contributed by atoms with Gasteiger partial charge in [0.25, 0.3) is 0 Å². The normalized spacial score (nSPS) is 12.3. The van der Waals surface area contributed by atoms with Crippen LogP contribution in [0.3, 0.4) is 0 Å². The van der Waals surface area contributed by atoms with Gasteiger partial charge in [-0.1, -0.05) is 12.1 Å². The van der Waals surface area contributed by atoms with E-state index >= 15 is 0 Å². The molecule has 2 aromatic heterocycles. The third-order valence-corrected chi connectivity index (χ3v) is 2.70. The van der Waals surface area contributed by atoms with Gasteiger partial charge in [0.05, 0.1) is 0 Å². The largest absolute Gasteiger partial charge is 0.271 e. The predicted octanol–water partition coefficient (Wildman–Crippen LogP) is 1.61. The van der Waals surface area contributed by atoms with E-state index in [0.717, 1.165) is 24.1 Å². The molecule has 2 heterocycles. The van der Waals surface area contributed by atoms with Gasteiger partial charge in [0, 0.05) is 30.3 Å². The van der Waals surface area contributed by atoms with Gasteiger partial charge in [0.15, 0.2) is 0 Å². The number of aryl methyl sites for hydroxylation is 1. The van der Waals surface area contributed by atoms with Crippen LogP contribution in [0, 0.1) is 0 Å². The van der Waals surface area contributed by atoms with Crippen molar-refractivity contribution in [3.8, 4) is 0 Å². The van der Waals surface area contributed by atoms with Crippen LogP contribution >= 0.6 is 0 Å². The number of hydrazine groups is 1. The van der Waals surface area contributed by atoms with Crippen LogP contribution in [0.15, 0.2) is 48.9 Å². The first kappa shape index (κ1) is 11.7. The topological polar surface area (TPSA) is 63.8 Å². The number of hydrogen-bond acceptors (Lipinski definition) is 4. The molecule has 3 N–H and O–H groups in total. The summed E-state index contributed by atoms with van der Waals surface area (Å²) >= 11 is 0. The summed E-state index contributed by atoms with van der Waals surface area (Å²) in [5, 5.41) is 0. The highest BCUT2D eigenvalue weighted by molar-refractivity contribution is 5.14. The molecule has 0 radical (unpaired) electrons. The van der Waals surface area contributed by atoms with Gasteiger partial charge >= 0.3 is 0 Å². The zero-order valence-electron chi connectivity index (χ0n) is 9.58. The second-order valence-electron chi connectivity index (χ2n) is 3.87. The fourth-order valence-corrected chi connectivity index (χ4v) is 1.77. The van der Waals surface area contributed by atoms with E-state index in [1.165, 1.54) is 0 Å². The molecule has 0 aliphatic heterocycles. The summed E-state index contributed by atoms with van der Waals surface area (Å²) < 4.78 is 0. The van der Waals surface area contributed by atoms with Crippen molar-refractivity contribution in [1.82, 2.24) is 15.4 Å². The molecule has 2 rings (SSSR count). The van der Waals surface area contributed by atoms with Crippen molar-refractivity contribution in [3.05, 3.63) is 60.2 Å². The summed E-state index contributed by atoms with van der Waals surface area (Å²) in [6.45, 7) is 0. The van der Waals surface area contributed by atoms with Gasteiger partial charge in [-0.25, -0.2) is 0 Å². The first-order valence-electron chi connectivity index (χ1n) is 5.66. The first-order chi connectivity index (χ1) is 8.40. The maximum absolute atomic E-state index is 5.57. The highest BCUT2D eigenvalue weighted by atomic mass is 15.2. The van der Waals surface area contributed by atoms with Crippen LogP contribution in [-0.4, -0.2) is 9.97 Å². The van der Waals surface area contributed by atoms with Gasteiger partial charge in [-0.15, -0.1) is 0 Å². The van der Waals surface area contributed by atoms with Crippen LogP contribution in [0.25, 0.3) is 0 Å². The molecule has 0 amide bonds. The number of rotatable bonds is 5. The van der Waals surface area contributed by atoms with Crippen LogP contribution in [0.4, 0.5) is 0 Å². The summed E-state index contributed by atoms with van der Waals surface area (Å²) in [6.07, 6.45) is 7.20. The molecule has 88 valence electrons. The summed E-state index contributed by atoms with van der Waals surface area (Å²) in [4.78, 5) is 8.39. The number of nitrogens with zero attached hydrogens (tertiary/aromatic N) is 2. The van der Waals surface area contributed by atoms with Gasteiger partial charge in [0.1, 0.15) is 0 Å². The van der Waals surface area contributed by atoms with Crippen molar-refractivity contribution in [1.29, 1.82) is 0 Å². The lowest BCUT2D eigenvalue weighted by Gasteiger charge is -2.15. The third kappa shape index (κ3) is 3.34. The molecule has 2 aromatic rings. The Morgan fingerprint density at radius 3 is 2.76 bits per heavy atom. The fourth-order valence-electron chi connectivity index (χ4n) is 1.77. The lowest BCUT2D eigenvalue weighted by atomic mass is 10.0. The second kappa shape index (κ2) is 6.08. The minimum atomic E-state index is 0.116. The lowest BCUT2D eigenvalue weighted by Crippen LogP contribution is -2.28. The van der Waals surface area contributed by atoms with Crippen LogP contribution in [0.1, 0.15) is 23.7 Å². The molecule has 0 aliphatic rings. The van der Waals surface area contributed by atoms with E-state index in [1.54, 1.807) is 6.20 Å². The quantitative estimate of drug-likeness (QED) is 0.603. The molecule has 4 nitrogen and oxygen atoms in total. The summed E-state index contributed by atoms with van der Waals surface area (Å²) in [5.41, 5.74) is 5.00. The molecular formula is C13H16N4. The molecule has 17 heavy (non-hydrogen) atoms. The smallest absolute Gasteiger partial charge is 0.0478 e. The number of pyridine rings is 2. The van der Waals surface area contributed by atoms with Crippen molar-refractivity contribution in [2.75, 3.05) is 0 Å². The first-order valence-corrected chi connectivity index (χ1v) is 5.66. The van der Waals surface area contributed by atoms with E-state index in [4.69, 9.17) is 5.84 Å². The van der Waals surface area contributed by atoms with Crippen LogP contribution in [0.5, 0.6) is 0 Å². The Bertz CT molecular complexity index is 430. The van der Waals surface area contributed by atoms with E-state index in [1.807, 2.05) is 42.7 Å². The maximum atomic E-state index is 5.57. The Hall–Kier alpha value is -1.78. The molecule has 0 aliphatic carbocycles. The molecule has 1 unspecified atom stereocenters. The maximum Gasteiger partial charge on any atom is 0.0478 e. The van der Waals surface area contributed by atoms with E-state index in [0.29, 0.717) is 0 Å². The standard InChI is InChI=1S/C13H16N4/c14-17-13(11-4-3-8-15-10-11)7-6-12-5-1-2-9-16-12/h1-5,8-10,13,17H,6-7,14H2. The average Bonchev–Trinajstić information content (AvgIpc) is 2.42. The molecule has 0 saturated heterocycles. The van der Waals surface area contributed by atoms with Crippen molar-refractivity contribution in [3.63, 3.8) is 0 Å². The zero-order chi connectivity index (χ0) is 11.9. The van der Waals surface area contributed by atoms with Crippen LogP contribution in [-0.2, 0) is 6.42 Å². The third-order valence-electron chi connectivity index (χ3n) is 2.70. The highest BCUT2D eigenvalue weighted by Gasteiger charge is 2.09. The van der Waals surface area contributed by atoms with Gasteiger partial charge in [-0.3, -0.25) is 21.2 Å². The summed E-state index contributed by atoms with van der Waals surface area (Å²) in [5.74, 6) is 5.57. The molecule has 0 bridgehead atoms. The Kier molecular flexibility index (Phi) is 4.18. The zero-order valence-corrected chi connectivity index (χ0v) is 9.58. The predicted molar refractivity (Wildman–Crippen MR) is 66.9 cm³/mol. The van der Waals surface area contributed by atoms with Crippen molar-refractivity contribution in [2.24, 2.45) is 5.84 Å². The minimum absolute atomic E-state index is 0.116. The molecule has 1 atom stereocenters. The van der Waals surface area contributed by atoms with E-state index in [-0.39, 0.29) is 6.04 Å². The molecular weight excluding hydrogens is 212 g/mol. The molecule has 4 heteroatoms. The number of nitrogens with two attached hydrogens (primary N) is 1. The van der Waals surface area contributed by atoms with Crippen molar-refractivity contribution in [2.45, 2.75) is 18.9 Å². The SMILES string of the molecule is NNC(CCc1ccccn1)c1cccnc1. The number of aromatic nitrogens is 2. The van der Waals surface area contributed by atoms with Crippen LogP contribution < -0.4 is 11.3 Å². The van der Waals surface area contributed by atoms with Crippen LogP contribution in [0.2, 0.25) is 0 Å². The fraction of sp³-hybridized carbons (Fsp3) is 0.231. The highest BCUT2D eigenvalue weighted by Crippen LogP contribution is 2.16. The molecule has 0 spiro atoms.